The van der Waals surface area contributed by atoms with Gasteiger partial charge >= 0.3 is 0 Å². The zero-order valence-electron chi connectivity index (χ0n) is 21.5. The Morgan fingerprint density at radius 1 is 1.05 bits per heavy atom. The normalized spacial score (nSPS) is 11.7. The fourth-order valence-corrected chi connectivity index (χ4v) is 5.28. The van der Waals surface area contributed by atoms with Crippen molar-refractivity contribution in [2.45, 2.75) is 11.5 Å². The number of benzene rings is 2. The number of carbonyl (C=O) groups is 1. The van der Waals surface area contributed by atoms with Crippen molar-refractivity contribution in [2.24, 2.45) is 7.05 Å². The van der Waals surface area contributed by atoms with Crippen molar-refractivity contribution in [2.75, 3.05) is 22.6 Å². The van der Waals surface area contributed by atoms with Gasteiger partial charge < -0.3 is 14.6 Å². The first-order chi connectivity index (χ1) is 18.7. The molecule has 14 heteroatoms. The van der Waals surface area contributed by atoms with Gasteiger partial charge in [-0.05, 0) is 42.0 Å². The number of pyridine rings is 1. The molecule has 0 spiro atoms. The molecule has 0 aliphatic heterocycles. The SMILES string of the molecule is Cn1cc(C(=O)Nc2cc(Cl)cc(NS(C)(=O)=O)c2)cc1-c1ncc(F)cc1OCc1cccc(S(C)(=O)=O)c1. The monoisotopic (exact) mass is 606 g/mol. The number of aromatic nitrogens is 2. The van der Waals surface area contributed by atoms with Crippen molar-refractivity contribution < 1.29 is 30.8 Å². The lowest BCUT2D eigenvalue weighted by Gasteiger charge is -2.12. The van der Waals surface area contributed by atoms with Crippen molar-refractivity contribution in [3.63, 3.8) is 0 Å². The van der Waals surface area contributed by atoms with E-state index in [-0.39, 0.29) is 44.9 Å². The molecule has 210 valence electrons. The van der Waals surface area contributed by atoms with Crippen LogP contribution in [0.25, 0.3) is 11.4 Å². The Kier molecular flexibility index (Phi) is 8.19. The predicted molar refractivity (Wildman–Crippen MR) is 150 cm³/mol. The molecular weight excluding hydrogens is 583 g/mol. The summed E-state index contributed by atoms with van der Waals surface area (Å²) in [5, 5.41) is 2.88. The highest BCUT2D eigenvalue weighted by Gasteiger charge is 2.18. The van der Waals surface area contributed by atoms with Crippen molar-refractivity contribution in [1.82, 2.24) is 9.55 Å². The lowest BCUT2D eigenvalue weighted by atomic mass is 10.2. The summed E-state index contributed by atoms with van der Waals surface area (Å²) in [5.41, 5.74) is 1.91. The van der Waals surface area contributed by atoms with Crippen LogP contribution in [0.2, 0.25) is 5.02 Å². The van der Waals surface area contributed by atoms with Gasteiger partial charge in [0.15, 0.2) is 15.6 Å². The molecule has 10 nitrogen and oxygen atoms in total. The number of amides is 1. The van der Waals surface area contributed by atoms with Crippen molar-refractivity contribution in [3.05, 3.63) is 89.0 Å². The topological polar surface area (TPSA) is 136 Å². The molecule has 0 unspecified atom stereocenters. The second kappa shape index (κ2) is 11.3. The van der Waals surface area contributed by atoms with Gasteiger partial charge in [-0.2, -0.15) is 0 Å². The maximum atomic E-state index is 14.1. The van der Waals surface area contributed by atoms with Gasteiger partial charge in [0, 0.05) is 36.3 Å². The van der Waals surface area contributed by atoms with Crippen molar-refractivity contribution in [3.8, 4) is 17.1 Å². The maximum Gasteiger partial charge on any atom is 0.257 e. The van der Waals surface area contributed by atoms with E-state index in [0.29, 0.717) is 11.3 Å². The fourth-order valence-electron chi connectivity index (χ4n) is 3.81. The Morgan fingerprint density at radius 3 is 2.48 bits per heavy atom. The van der Waals surface area contributed by atoms with Crippen LogP contribution in [0.5, 0.6) is 5.75 Å². The molecule has 1 amide bonds. The zero-order chi connectivity index (χ0) is 29.2. The molecule has 2 aromatic heterocycles. The molecule has 2 aromatic carbocycles. The molecule has 0 saturated heterocycles. The van der Waals surface area contributed by atoms with Crippen LogP contribution >= 0.6 is 11.6 Å². The molecular formula is C26H24ClFN4O6S2. The number of hydrogen-bond donors (Lipinski definition) is 2. The quantitative estimate of drug-likeness (QED) is 0.286. The summed E-state index contributed by atoms with van der Waals surface area (Å²) in [6, 6.07) is 13.2. The average molecular weight is 607 g/mol. The maximum absolute atomic E-state index is 14.1. The van der Waals surface area contributed by atoms with Gasteiger partial charge in [-0.1, -0.05) is 23.7 Å². The Bertz CT molecular complexity index is 1820. The highest BCUT2D eigenvalue weighted by molar-refractivity contribution is 7.92. The van der Waals surface area contributed by atoms with E-state index in [2.05, 4.69) is 15.0 Å². The number of nitrogens with zero attached hydrogens (tertiary/aromatic N) is 2. The lowest BCUT2D eigenvalue weighted by Crippen LogP contribution is -2.13. The van der Waals surface area contributed by atoms with Crippen LogP contribution in [0.4, 0.5) is 15.8 Å². The van der Waals surface area contributed by atoms with Crippen LogP contribution in [-0.2, 0) is 33.5 Å². The molecule has 0 bridgehead atoms. The Labute approximate surface area is 235 Å². The van der Waals surface area contributed by atoms with Crippen LogP contribution in [0.1, 0.15) is 15.9 Å². The van der Waals surface area contributed by atoms with Crippen molar-refractivity contribution in [1.29, 1.82) is 0 Å². The minimum absolute atomic E-state index is 0.0577. The van der Waals surface area contributed by atoms with E-state index in [1.165, 1.54) is 42.6 Å². The van der Waals surface area contributed by atoms with Crippen LogP contribution in [0, 0.1) is 5.82 Å². The molecule has 2 N–H and O–H groups in total. The number of ether oxygens (including phenoxy) is 1. The van der Waals surface area contributed by atoms with E-state index in [4.69, 9.17) is 16.3 Å². The molecule has 0 atom stereocenters. The molecule has 0 saturated carbocycles. The molecule has 0 aliphatic rings. The van der Waals surface area contributed by atoms with E-state index in [1.807, 2.05) is 0 Å². The van der Waals surface area contributed by atoms with Gasteiger partial charge in [0.05, 0.1) is 34.3 Å². The number of hydrogen-bond acceptors (Lipinski definition) is 7. The Morgan fingerprint density at radius 2 is 1.77 bits per heavy atom. The first-order valence-corrected chi connectivity index (χ1v) is 15.7. The summed E-state index contributed by atoms with van der Waals surface area (Å²) >= 11 is 6.08. The summed E-state index contributed by atoms with van der Waals surface area (Å²) in [5.74, 6) is -1.07. The number of sulfonamides is 1. The number of sulfone groups is 1. The van der Waals surface area contributed by atoms with Crippen LogP contribution in [0.15, 0.2) is 71.9 Å². The number of carbonyl (C=O) groups excluding carboxylic acids is 1. The van der Waals surface area contributed by atoms with Gasteiger partial charge in [0.25, 0.3) is 5.91 Å². The second-order valence-corrected chi connectivity index (χ2v) is 13.2. The molecule has 0 aliphatic carbocycles. The zero-order valence-corrected chi connectivity index (χ0v) is 23.9. The van der Waals surface area contributed by atoms with E-state index in [9.17, 15) is 26.0 Å². The molecule has 4 aromatic rings. The minimum Gasteiger partial charge on any atom is -0.486 e. The van der Waals surface area contributed by atoms with Crippen LogP contribution < -0.4 is 14.8 Å². The van der Waals surface area contributed by atoms with Crippen LogP contribution in [-0.4, -0.2) is 44.8 Å². The third-order valence-corrected chi connectivity index (χ3v) is 7.44. The van der Waals surface area contributed by atoms with Crippen molar-refractivity contribution >= 4 is 48.7 Å². The van der Waals surface area contributed by atoms with E-state index in [0.717, 1.165) is 24.8 Å². The largest absolute Gasteiger partial charge is 0.486 e. The number of nitrogens with one attached hydrogen (secondary N) is 2. The fraction of sp³-hybridized carbons (Fsp3) is 0.154. The predicted octanol–water partition coefficient (Wildman–Crippen LogP) is 4.49. The summed E-state index contributed by atoms with van der Waals surface area (Å²) in [4.78, 5) is 17.3. The third kappa shape index (κ3) is 7.37. The van der Waals surface area contributed by atoms with E-state index in [1.54, 1.807) is 23.7 Å². The van der Waals surface area contributed by atoms with Gasteiger partial charge in [-0.25, -0.2) is 26.2 Å². The summed E-state index contributed by atoms with van der Waals surface area (Å²) in [6.45, 7) is -0.0577. The summed E-state index contributed by atoms with van der Waals surface area (Å²) in [7, 11) is -5.31. The second-order valence-electron chi connectivity index (χ2n) is 8.99. The molecule has 2 heterocycles. The highest BCUT2D eigenvalue weighted by Crippen LogP contribution is 2.31. The number of anilines is 2. The van der Waals surface area contributed by atoms with Gasteiger partial charge in [0.2, 0.25) is 10.0 Å². The van der Waals surface area contributed by atoms with Gasteiger partial charge in [0.1, 0.15) is 18.1 Å². The number of rotatable bonds is 9. The molecule has 40 heavy (non-hydrogen) atoms. The Balaban J connectivity index is 1.58. The highest BCUT2D eigenvalue weighted by atomic mass is 35.5. The first kappa shape index (κ1) is 29.1. The summed E-state index contributed by atoms with van der Waals surface area (Å²) < 4.78 is 70.7. The number of aryl methyl sites for hydroxylation is 1. The molecule has 0 fully saturated rings. The molecule has 4 rings (SSSR count). The van der Waals surface area contributed by atoms with Gasteiger partial charge in [-0.15, -0.1) is 0 Å². The van der Waals surface area contributed by atoms with Gasteiger partial charge in [-0.3, -0.25) is 9.52 Å². The van der Waals surface area contributed by atoms with E-state index < -0.39 is 31.6 Å². The minimum atomic E-state index is -3.56. The lowest BCUT2D eigenvalue weighted by molar-refractivity contribution is 0.102. The summed E-state index contributed by atoms with van der Waals surface area (Å²) in [6.07, 6.45) is 4.64. The standard InChI is InChI=1S/C26H24ClFN4O6S2/c1-32-14-17(26(33)30-20-9-18(27)10-21(12-20)31-40(3,36)37)8-23(32)25-24(11-19(28)13-29-25)38-15-16-5-4-6-22(7-16)39(2,34)35/h4-14,31H,15H2,1-3H3,(H,30,33). The smallest absolute Gasteiger partial charge is 0.257 e. The number of halogens is 2. The Hall–Kier alpha value is -3.94. The first-order valence-electron chi connectivity index (χ1n) is 11.5. The van der Waals surface area contributed by atoms with E-state index >= 15 is 0 Å². The third-order valence-electron chi connectivity index (χ3n) is 5.51. The van der Waals surface area contributed by atoms with Crippen LogP contribution in [0.3, 0.4) is 0 Å². The molecule has 0 radical (unpaired) electrons. The average Bonchev–Trinajstić information content (AvgIpc) is 3.22.